The lowest BCUT2D eigenvalue weighted by Gasteiger charge is -2.24. The van der Waals surface area contributed by atoms with E-state index < -0.39 is 5.82 Å². The van der Waals surface area contributed by atoms with Crippen molar-refractivity contribution in [3.8, 4) is 0 Å². The molecule has 0 spiro atoms. The molecule has 0 aliphatic heterocycles. The second kappa shape index (κ2) is 7.75. The first-order valence-corrected chi connectivity index (χ1v) is 7.85. The number of halogens is 2. The van der Waals surface area contributed by atoms with Gasteiger partial charge in [-0.1, -0.05) is 18.5 Å². The van der Waals surface area contributed by atoms with E-state index in [0.29, 0.717) is 18.3 Å². The van der Waals surface area contributed by atoms with Crippen LogP contribution in [0.1, 0.15) is 19.8 Å². The van der Waals surface area contributed by atoms with Crippen molar-refractivity contribution in [2.45, 2.75) is 25.8 Å². The van der Waals surface area contributed by atoms with Crippen molar-refractivity contribution in [3.63, 3.8) is 0 Å². The van der Waals surface area contributed by atoms with E-state index in [-0.39, 0.29) is 29.4 Å². The van der Waals surface area contributed by atoms with Crippen LogP contribution in [0.5, 0.6) is 0 Å². The first-order chi connectivity index (χ1) is 10.9. The van der Waals surface area contributed by atoms with Crippen molar-refractivity contribution < 1.29 is 18.7 Å². The van der Waals surface area contributed by atoms with Crippen molar-refractivity contribution in [3.05, 3.63) is 29.0 Å². The van der Waals surface area contributed by atoms with Gasteiger partial charge >= 0.3 is 5.97 Å². The molecule has 0 heterocycles. The molecular formula is C16H20ClFN2O3. The van der Waals surface area contributed by atoms with Crippen molar-refractivity contribution in [1.29, 1.82) is 0 Å². The molecule has 1 atom stereocenters. The van der Waals surface area contributed by atoms with E-state index in [2.05, 4.69) is 5.32 Å². The van der Waals surface area contributed by atoms with Gasteiger partial charge in [-0.3, -0.25) is 14.5 Å². The summed E-state index contributed by atoms with van der Waals surface area (Å²) < 4.78 is 17.7. The van der Waals surface area contributed by atoms with Gasteiger partial charge in [-0.2, -0.15) is 0 Å². The maximum absolute atomic E-state index is 13.0. The lowest BCUT2D eigenvalue weighted by molar-refractivity contribution is -0.145. The van der Waals surface area contributed by atoms with Crippen LogP contribution in [-0.4, -0.2) is 43.0 Å². The molecule has 0 bridgehead atoms. The average molecular weight is 343 g/mol. The summed E-state index contributed by atoms with van der Waals surface area (Å²) in [7, 11) is 1.35. The van der Waals surface area contributed by atoms with Gasteiger partial charge in [-0.25, -0.2) is 4.39 Å². The van der Waals surface area contributed by atoms with Crippen LogP contribution in [0, 0.1) is 11.7 Å². The van der Waals surface area contributed by atoms with Crippen LogP contribution in [0.3, 0.4) is 0 Å². The zero-order chi connectivity index (χ0) is 17.0. The molecule has 1 amide bonds. The number of anilines is 1. The normalized spacial score (nSPS) is 15.3. The third kappa shape index (κ3) is 5.18. The van der Waals surface area contributed by atoms with Gasteiger partial charge in [-0.15, -0.1) is 0 Å². The molecule has 1 aromatic rings. The Kier molecular flexibility index (Phi) is 5.96. The number of hydrogen-bond acceptors (Lipinski definition) is 4. The number of esters is 1. The highest BCUT2D eigenvalue weighted by atomic mass is 35.5. The summed E-state index contributed by atoms with van der Waals surface area (Å²) in [6, 6.07) is 4.12. The molecular weight excluding hydrogens is 323 g/mol. The number of nitrogens with zero attached hydrogens (tertiary/aromatic N) is 1. The number of ether oxygens (including phenoxy) is 1. The fourth-order valence-electron chi connectivity index (χ4n) is 2.37. The van der Waals surface area contributed by atoms with Gasteiger partial charge in [-0.05, 0) is 31.0 Å². The van der Waals surface area contributed by atoms with Crippen LogP contribution in [0.25, 0.3) is 0 Å². The molecule has 1 aliphatic carbocycles. The standard InChI is InChI=1S/C16H20ClFN2O3/c1-10(16(22)23-2)8-20(12-4-5-12)9-15(21)19-14-6-3-11(18)7-13(14)17/h3,6-7,10,12H,4-5,8-9H2,1-2H3,(H,19,21). The van der Waals surface area contributed by atoms with Gasteiger partial charge in [0.15, 0.2) is 0 Å². The Morgan fingerprint density at radius 2 is 2.17 bits per heavy atom. The fraction of sp³-hybridized carbons (Fsp3) is 0.500. The van der Waals surface area contributed by atoms with Crippen molar-refractivity contribution >= 4 is 29.2 Å². The van der Waals surface area contributed by atoms with Gasteiger partial charge in [0, 0.05) is 12.6 Å². The lowest BCUT2D eigenvalue weighted by Crippen LogP contribution is -2.39. The first kappa shape index (κ1) is 17.7. The summed E-state index contributed by atoms with van der Waals surface area (Å²) in [5, 5.41) is 2.82. The Hall–Kier alpha value is -1.66. The number of hydrogen-bond donors (Lipinski definition) is 1. The largest absolute Gasteiger partial charge is 0.469 e. The Morgan fingerprint density at radius 3 is 2.74 bits per heavy atom. The SMILES string of the molecule is COC(=O)C(C)CN(CC(=O)Nc1ccc(F)cc1Cl)C1CC1. The predicted octanol–water partition coefficient (Wildman–Crippen LogP) is 2.69. The molecule has 2 rings (SSSR count). The van der Waals surface area contributed by atoms with E-state index in [1.165, 1.54) is 19.2 Å². The van der Waals surface area contributed by atoms with Crippen LogP contribution in [0.2, 0.25) is 5.02 Å². The van der Waals surface area contributed by atoms with Gasteiger partial charge in [0.2, 0.25) is 5.91 Å². The van der Waals surface area contributed by atoms with E-state index in [4.69, 9.17) is 16.3 Å². The summed E-state index contributed by atoms with van der Waals surface area (Å²) in [4.78, 5) is 25.7. The van der Waals surface area contributed by atoms with Gasteiger partial charge in [0.05, 0.1) is 30.3 Å². The summed E-state index contributed by atoms with van der Waals surface area (Å²) >= 11 is 5.90. The minimum Gasteiger partial charge on any atom is -0.469 e. The Labute approximate surface area is 139 Å². The highest BCUT2D eigenvalue weighted by molar-refractivity contribution is 6.33. The molecule has 23 heavy (non-hydrogen) atoms. The predicted molar refractivity (Wildman–Crippen MR) is 85.8 cm³/mol. The minimum atomic E-state index is -0.459. The number of methoxy groups -OCH3 is 1. The van der Waals surface area contributed by atoms with Gasteiger partial charge in [0.25, 0.3) is 0 Å². The van der Waals surface area contributed by atoms with Crippen LogP contribution in [-0.2, 0) is 14.3 Å². The van der Waals surface area contributed by atoms with Gasteiger partial charge < -0.3 is 10.1 Å². The van der Waals surface area contributed by atoms with E-state index in [9.17, 15) is 14.0 Å². The fourth-order valence-corrected chi connectivity index (χ4v) is 2.59. The molecule has 1 aromatic carbocycles. The third-order valence-electron chi connectivity index (χ3n) is 3.73. The van der Waals surface area contributed by atoms with Gasteiger partial charge in [0.1, 0.15) is 5.82 Å². The molecule has 1 aliphatic rings. The number of carbonyl (C=O) groups is 2. The molecule has 1 unspecified atom stereocenters. The third-order valence-corrected chi connectivity index (χ3v) is 4.04. The van der Waals surface area contributed by atoms with Crippen LogP contribution >= 0.6 is 11.6 Å². The first-order valence-electron chi connectivity index (χ1n) is 7.47. The Morgan fingerprint density at radius 1 is 1.48 bits per heavy atom. The van der Waals surface area contributed by atoms with Crippen molar-refractivity contribution in [1.82, 2.24) is 4.90 Å². The smallest absolute Gasteiger partial charge is 0.309 e. The van der Waals surface area contributed by atoms with E-state index in [1.807, 2.05) is 4.90 Å². The maximum atomic E-state index is 13.0. The molecule has 5 nitrogen and oxygen atoms in total. The summed E-state index contributed by atoms with van der Waals surface area (Å²) in [6.07, 6.45) is 2.02. The summed E-state index contributed by atoms with van der Waals surface area (Å²) in [5.74, 6) is -1.30. The molecule has 1 saturated carbocycles. The van der Waals surface area contributed by atoms with Crippen molar-refractivity contribution in [2.75, 3.05) is 25.5 Å². The maximum Gasteiger partial charge on any atom is 0.309 e. The number of nitrogens with one attached hydrogen (secondary N) is 1. The molecule has 1 N–H and O–H groups in total. The number of benzene rings is 1. The van der Waals surface area contributed by atoms with E-state index in [0.717, 1.165) is 18.9 Å². The molecule has 126 valence electrons. The topological polar surface area (TPSA) is 58.6 Å². The minimum absolute atomic E-state index is 0.152. The zero-order valence-corrected chi connectivity index (χ0v) is 13.9. The highest BCUT2D eigenvalue weighted by Gasteiger charge is 2.32. The highest BCUT2D eigenvalue weighted by Crippen LogP contribution is 2.28. The number of rotatable bonds is 7. The van der Waals surface area contributed by atoms with Crippen LogP contribution in [0.15, 0.2) is 18.2 Å². The van der Waals surface area contributed by atoms with E-state index >= 15 is 0 Å². The number of carbonyl (C=O) groups excluding carboxylic acids is 2. The van der Waals surface area contributed by atoms with Crippen LogP contribution < -0.4 is 5.32 Å². The van der Waals surface area contributed by atoms with Crippen molar-refractivity contribution in [2.24, 2.45) is 5.92 Å². The number of amides is 1. The second-order valence-electron chi connectivity index (χ2n) is 5.76. The molecule has 0 aromatic heterocycles. The van der Waals surface area contributed by atoms with Crippen LogP contribution in [0.4, 0.5) is 10.1 Å². The summed E-state index contributed by atoms with van der Waals surface area (Å²) in [6.45, 7) is 2.39. The quantitative estimate of drug-likeness (QED) is 0.774. The molecule has 0 saturated heterocycles. The average Bonchev–Trinajstić information content (AvgIpc) is 3.33. The molecule has 7 heteroatoms. The molecule has 1 fully saturated rings. The summed E-state index contributed by atoms with van der Waals surface area (Å²) in [5.41, 5.74) is 0.370. The lowest BCUT2D eigenvalue weighted by atomic mass is 10.1. The second-order valence-corrected chi connectivity index (χ2v) is 6.16. The van der Waals surface area contributed by atoms with E-state index in [1.54, 1.807) is 6.92 Å². The Balaban J connectivity index is 1.94. The monoisotopic (exact) mass is 342 g/mol. The molecule has 0 radical (unpaired) electrons. The Bertz CT molecular complexity index is 593. The zero-order valence-electron chi connectivity index (χ0n) is 13.1.